The van der Waals surface area contributed by atoms with Crippen LogP contribution in [0, 0.1) is 0 Å². The molecular formula is C22H31Cl2N3O3. The number of hydrogen-bond donors (Lipinski definition) is 2. The molecule has 0 saturated carbocycles. The van der Waals surface area contributed by atoms with Gasteiger partial charge in [-0.3, -0.25) is 14.6 Å². The summed E-state index contributed by atoms with van der Waals surface area (Å²) >= 11 is 0. The predicted molar refractivity (Wildman–Crippen MR) is 125 cm³/mol. The highest BCUT2D eigenvalue weighted by Gasteiger charge is 2.19. The second-order valence-electron chi connectivity index (χ2n) is 7.23. The van der Waals surface area contributed by atoms with Crippen LogP contribution in [-0.4, -0.2) is 66.2 Å². The monoisotopic (exact) mass is 455 g/mol. The number of benzene rings is 2. The van der Waals surface area contributed by atoms with Gasteiger partial charge in [0.2, 0.25) is 5.91 Å². The summed E-state index contributed by atoms with van der Waals surface area (Å²) in [6.07, 6.45) is -0.532. The Morgan fingerprint density at radius 3 is 2.20 bits per heavy atom. The lowest BCUT2D eigenvalue weighted by Crippen LogP contribution is -2.48. The van der Waals surface area contributed by atoms with Gasteiger partial charge in [-0.05, 0) is 29.8 Å². The summed E-state index contributed by atoms with van der Waals surface area (Å²) in [4.78, 5) is 15.8. The highest BCUT2D eigenvalue weighted by atomic mass is 35.5. The van der Waals surface area contributed by atoms with Crippen molar-refractivity contribution in [2.45, 2.75) is 19.6 Å². The van der Waals surface area contributed by atoms with Gasteiger partial charge in [-0.2, -0.15) is 0 Å². The Morgan fingerprint density at radius 2 is 1.60 bits per heavy atom. The molecule has 8 heteroatoms. The van der Waals surface area contributed by atoms with Crippen molar-refractivity contribution >= 4 is 36.4 Å². The van der Waals surface area contributed by atoms with Crippen LogP contribution < -0.4 is 10.1 Å². The highest BCUT2D eigenvalue weighted by Crippen LogP contribution is 2.16. The fourth-order valence-electron chi connectivity index (χ4n) is 3.35. The molecule has 0 radical (unpaired) electrons. The number of hydrogen-bond acceptors (Lipinski definition) is 5. The molecule has 166 valence electrons. The molecule has 0 aromatic heterocycles. The number of nitrogens with zero attached hydrogens (tertiary/aromatic N) is 2. The number of β-amino-alcohol motifs (C(OH)–C–C–N with tert-alkyl or cyclic N) is 1. The first-order chi connectivity index (χ1) is 13.6. The molecule has 0 aliphatic carbocycles. The molecule has 2 aromatic carbocycles. The Hall–Kier alpha value is -1.83. The van der Waals surface area contributed by atoms with E-state index in [1.165, 1.54) is 12.5 Å². The van der Waals surface area contributed by atoms with E-state index in [0.29, 0.717) is 12.3 Å². The second-order valence-corrected chi connectivity index (χ2v) is 7.23. The van der Waals surface area contributed by atoms with Crippen molar-refractivity contribution in [2.24, 2.45) is 0 Å². The lowest BCUT2D eigenvalue weighted by atomic mass is 10.2. The molecular weight excluding hydrogens is 425 g/mol. The Balaban J connectivity index is 0.00000225. The first kappa shape index (κ1) is 26.2. The van der Waals surface area contributed by atoms with Crippen molar-refractivity contribution in [1.82, 2.24) is 9.80 Å². The number of halogens is 2. The Bertz CT molecular complexity index is 739. The maximum Gasteiger partial charge on any atom is 0.221 e. The van der Waals surface area contributed by atoms with E-state index in [9.17, 15) is 9.90 Å². The molecule has 1 amide bonds. The van der Waals surface area contributed by atoms with Gasteiger partial charge in [0.05, 0.1) is 0 Å². The minimum Gasteiger partial charge on any atom is -0.491 e. The van der Waals surface area contributed by atoms with E-state index in [1.54, 1.807) is 24.3 Å². The molecule has 6 nitrogen and oxygen atoms in total. The number of nitrogens with one attached hydrogen (secondary N) is 1. The van der Waals surface area contributed by atoms with E-state index in [2.05, 4.69) is 39.4 Å². The SMILES string of the molecule is CC(=O)Nc1ccc(OCC(O)CN2CCN(Cc3ccccc3)CC2)cc1.Cl.Cl. The van der Waals surface area contributed by atoms with Crippen molar-refractivity contribution < 1.29 is 14.6 Å². The van der Waals surface area contributed by atoms with E-state index in [1.807, 2.05) is 6.07 Å². The van der Waals surface area contributed by atoms with Gasteiger partial charge in [-0.25, -0.2) is 0 Å². The third kappa shape index (κ3) is 8.90. The first-order valence-corrected chi connectivity index (χ1v) is 9.75. The van der Waals surface area contributed by atoms with E-state index >= 15 is 0 Å². The zero-order valence-electron chi connectivity index (χ0n) is 17.2. The van der Waals surface area contributed by atoms with Gasteiger partial charge in [0.1, 0.15) is 18.5 Å². The van der Waals surface area contributed by atoms with Crippen LogP contribution in [0.2, 0.25) is 0 Å². The second kappa shape index (κ2) is 13.5. The predicted octanol–water partition coefficient (Wildman–Crippen LogP) is 3.05. The van der Waals surface area contributed by atoms with Gasteiger partial charge in [0.25, 0.3) is 0 Å². The van der Waals surface area contributed by atoms with E-state index < -0.39 is 6.10 Å². The van der Waals surface area contributed by atoms with Gasteiger partial charge in [0, 0.05) is 51.9 Å². The molecule has 0 spiro atoms. The number of carbonyl (C=O) groups is 1. The molecule has 1 saturated heterocycles. The third-order valence-corrected chi connectivity index (χ3v) is 4.80. The summed E-state index contributed by atoms with van der Waals surface area (Å²) in [6.45, 7) is 7.24. The van der Waals surface area contributed by atoms with Gasteiger partial charge in [0.15, 0.2) is 0 Å². The quantitative estimate of drug-likeness (QED) is 0.640. The summed E-state index contributed by atoms with van der Waals surface area (Å²) < 4.78 is 5.67. The van der Waals surface area contributed by atoms with Crippen molar-refractivity contribution in [3.05, 3.63) is 60.2 Å². The maximum absolute atomic E-state index is 11.0. The third-order valence-electron chi connectivity index (χ3n) is 4.80. The number of rotatable bonds is 8. The first-order valence-electron chi connectivity index (χ1n) is 9.75. The molecule has 0 bridgehead atoms. The fraction of sp³-hybridized carbons (Fsp3) is 0.409. The zero-order chi connectivity index (χ0) is 19.8. The minimum absolute atomic E-state index is 0. The Morgan fingerprint density at radius 1 is 1.00 bits per heavy atom. The fourth-order valence-corrected chi connectivity index (χ4v) is 3.35. The Labute approximate surface area is 191 Å². The summed E-state index contributed by atoms with van der Waals surface area (Å²) in [5.74, 6) is 0.578. The molecule has 3 rings (SSSR count). The van der Waals surface area contributed by atoms with Crippen molar-refractivity contribution in [2.75, 3.05) is 44.6 Å². The van der Waals surface area contributed by atoms with Crippen LogP contribution in [0.5, 0.6) is 5.75 Å². The minimum atomic E-state index is -0.532. The Kier molecular flexibility index (Phi) is 11.8. The molecule has 1 aliphatic heterocycles. The van der Waals surface area contributed by atoms with Crippen LogP contribution in [0.25, 0.3) is 0 Å². The molecule has 30 heavy (non-hydrogen) atoms. The smallest absolute Gasteiger partial charge is 0.221 e. The van der Waals surface area contributed by atoms with E-state index in [-0.39, 0.29) is 37.3 Å². The van der Waals surface area contributed by atoms with Crippen LogP contribution in [0.3, 0.4) is 0 Å². The largest absolute Gasteiger partial charge is 0.491 e. The summed E-state index contributed by atoms with van der Waals surface area (Å²) in [5, 5.41) is 13.0. The van der Waals surface area contributed by atoms with Gasteiger partial charge in [-0.1, -0.05) is 30.3 Å². The molecule has 1 aliphatic rings. The molecule has 1 unspecified atom stereocenters. The average Bonchev–Trinajstić information content (AvgIpc) is 2.69. The number of aliphatic hydroxyl groups is 1. The number of ether oxygens (including phenoxy) is 1. The van der Waals surface area contributed by atoms with Crippen LogP contribution in [0.4, 0.5) is 5.69 Å². The number of anilines is 1. The van der Waals surface area contributed by atoms with Gasteiger partial charge >= 0.3 is 0 Å². The molecule has 1 heterocycles. The average molecular weight is 456 g/mol. The van der Waals surface area contributed by atoms with Crippen LogP contribution >= 0.6 is 24.8 Å². The van der Waals surface area contributed by atoms with Crippen molar-refractivity contribution in [1.29, 1.82) is 0 Å². The molecule has 1 fully saturated rings. The normalized spacial score (nSPS) is 15.4. The number of amides is 1. The topological polar surface area (TPSA) is 65.0 Å². The summed E-state index contributed by atoms with van der Waals surface area (Å²) in [6, 6.07) is 17.7. The lowest BCUT2D eigenvalue weighted by molar-refractivity contribution is -0.114. The molecule has 2 N–H and O–H groups in total. The lowest BCUT2D eigenvalue weighted by Gasteiger charge is -2.35. The van der Waals surface area contributed by atoms with Crippen molar-refractivity contribution in [3.63, 3.8) is 0 Å². The summed E-state index contributed by atoms with van der Waals surface area (Å²) in [5.41, 5.74) is 2.07. The molecule has 2 aromatic rings. The summed E-state index contributed by atoms with van der Waals surface area (Å²) in [7, 11) is 0. The van der Waals surface area contributed by atoms with Gasteiger partial charge < -0.3 is 15.2 Å². The van der Waals surface area contributed by atoms with Crippen LogP contribution in [-0.2, 0) is 11.3 Å². The number of carbonyl (C=O) groups excluding carboxylic acids is 1. The van der Waals surface area contributed by atoms with E-state index in [0.717, 1.165) is 38.4 Å². The van der Waals surface area contributed by atoms with Crippen molar-refractivity contribution in [3.8, 4) is 5.75 Å². The van der Waals surface area contributed by atoms with Crippen LogP contribution in [0.15, 0.2) is 54.6 Å². The number of piperazine rings is 1. The number of aliphatic hydroxyl groups excluding tert-OH is 1. The van der Waals surface area contributed by atoms with E-state index in [4.69, 9.17) is 4.74 Å². The zero-order valence-corrected chi connectivity index (χ0v) is 18.8. The standard InChI is InChI=1S/C22H29N3O3.2ClH/c1-18(26)23-20-7-9-22(10-8-20)28-17-21(27)16-25-13-11-24(12-14-25)15-19-5-3-2-4-6-19;;/h2-10,21,27H,11-17H2,1H3,(H,23,26);2*1H. The van der Waals surface area contributed by atoms with Gasteiger partial charge in [-0.15, -0.1) is 24.8 Å². The maximum atomic E-state index is 11.0. The molecule has 1 atom stereocenters. The van der Waals surface area contributed by atoms with Crippen LogP contribution in [0.1, 0.15) is 12.5 Å². The highest BCUT2D eigenvalue weighted by molar-refractivity contribution is 5.88.